The predicted octanol–water partition coefficient (Wildman–Crippen LogP) is 2.65. The third-order valence-electron chi connectivity index (χ3n) is 5.51. The molecule has 2 amide bonds. The summed E-state index contributed by atoms with van der Waals surface area (Å²) in [6, 6.07) is 15.6. The van der Waals surface area contributed by atoms with Gasteiger partial charge in [0, 0.05) is 18.4 Å². The molecule has 170 valence electrons. The Morgan fingerprint density at radius 1 is 1.03 bits per heavy atom. The van der Waals surface area contributed by atoms with Gasteiger partial charge < -0.3 is 25.6 Å². The Morgan fingerprint density at radius 2 is 1.62 bits per heavy atom. The van der Waals surface area contributed by atoms with Gasteiger partial charge in [0.2, 0.25) is 5.91 Å². The molecule has 2 aromatic rings. The lowest BCUT2D eigenvalue weighted by Crippen LogP contribution is -2.42. The average molecular weight is 440 g/mol. The van der Waals surface area contributed by atoms with Crippen LogP contribution in [0, 0.1) is 0 Å². The molecule has 0 fully saturated rings. The van der Waals surface area contributed by atoms with E-state index in [9.17, 15) is 19.5 Å². The second-order valence-electron chi connectivity index (χ2n) is 7.82. The van der Waals surface area contributed by atoms with Crippen LogP contribution in [0.4, 0.5) is 4.79 Å². The fourth-order valence-electron chi connectivity index (χ4n) is 3.97. The summed E-state index contributed by atoms with van der Waals surface area (Å²) in [6.45, 7) is 1.71. The van der Waals surface area contributed by atoms with E-state index in [4.69, 9.17) is 9.84 Å². The highest BCUT2D eigenvalue weighted by Gasteiger charge is 2.29. The molecule has 0 heterocycles. The highest BCUT2D eigenvalue weighted by Crippen LogP contribution is 2.44. The third-order valence-corrected chi connectivity index (χ3v) is 5.51. The molecule has 2 aromatic carbocycles. The highest BCUT2D eigenvalue weighted by molar-refractivity contribution is 5.80. The zero-order chi connectivity index (χ0) is 23.1. The average Bonchev–Trinajstić information content (AvgIpc) is 3.10. The molecule has 0 aliphatic heterocycles. The minimum atomic E-state index is -1.67. The molecule has 0 saturated heterocycles. The molecule has 1 aliphatic rings. The van der Waals surface area contributed by atoms with Crippen LogP contribution < -0.4 is 10.6 Å². The number of alkyl carbamates (subject to hydrolysis) is 1. The monoisotopic (exact) mass is 440 g/mol. The summed E-state index contributed by atoms with van der Waals surface area (Å²) in [5.41, 5.74) is 4.51. The summed E-state index contributed by atoms with van der Waals surface area (Å²) in [6.07, 6.45) is -1.02. The molecule has 1 aliphatic carbocycles. The van der Waals surface area contributed by atoms with Crippen molar-refractivity contribution < 1.29 is 29.3 Å². The zero-order valence-corrected chi connectivity index (χ0v) is 17.9. The number of aliphatic hydroxyl groups excluding tert-OH is 1. The highest BCUT2D eigenvalue weighted by atomic mass is 16.5. The molecule has 2 atom stereocenters. The van der Waals surface area contributed by atoms with Gasteiger partial charge in [-0.15, -0.1) is 0 Å². The third kappa shape index (κ3) is 5.64. The molecular weight excluding hydrogens is 412 g/mol. The van der Waals surface area contributed by atoms with Crippen LogP contribution in [0.15, 0.2) is 48.5 Å². The minimum absolute atomic E-state index is 0.0373. The Labute approximate surface area is 186 Å². The Bertz CT molecular complexity index is 931. The number of hydrogen-bond acceptors (Lipinski definition) is 5. The van der Waals surface area contributed by atoms with Crippen LogP contribution in [0.2, 0.25) is 0 Å². The maximum absolute atomic E-state index is 12.5. The minimum Gasteiger partial charge on any atom is -0.479 e. The fourth-order valence-corrected chi connectivity index (χ4v) is 3.97. The number of rotatable bonds is 10. The van der Waals surface area contributed by atoms with Gasteiger partial charge in [-0.05, 0) is 28.7 Å². The first kappa shape index (κ1) is 23.3. The lowest BCUT2D eigenvalue weighted by atomic mass is 9.98. The number of carbonyl (C=O) groups is 3. The van der Waals surface area contributed by atoms with Gasteiger partial charge in [-0.1, -0.05) is 61.9 Å². The van der Waals surface area contributed by atoms with Crippen molar-refractivity contribution in [3.63, 3.8) is 0 Å². The molecule has 8 nitrogen and oxygen atoms in total. The van der Waals surface area contributed by atoms with Crippen molar-refractivity contribution in [1.82, 2.24) is 10.6 Å². The summed E-state index contributed by atoms with van der Waals surface area (Å²) in [5, 5.41) is 23.0. The molecule has 4 N–H and O–H groups in total. The molecule has 0 radical (unpaired) electrons. The van der Waals surface area contributed by atoms with Crippen LogP contribution >= 0.6 is 0 Å². The molecule has 8 heteroatoms. The topological polar surface area (TPSA) is 125 Å². The van der Waals surface area contributed by atoms with Gasteiger partial charge in [0.15, 0.2) is 6.10 Å². The molecule has 0 unspecified atom stereocenters. The van der Waals surface area contributed by atoms with Gasteiger partial charge in [-0.3, -0.25) is 4.79 Å². The van der Waals surface area contributed by atoms with Gasteiger partial charge in [-0.25, -0.2) is 9.59 Å². The van der Waals surface area contributed by atoms with E-state index in [2.05, 4.69) is 22.8 Å². The number of fused-ring (bicyclic) bond motifs is 3. The van der Waals surface area contributed by atoms with E-state index >= 15 is 0 Å². The number of amides is 2. The summed E-state index contributed by atoms with van der Waals surface area (Å²) in [5.74, 6) is -1.92. The van der Waals surface area contributed by atoms with E-state index in [0.29, 0.717) is 6.42 Å². The van der Waals surface area contributed by atoms with Gasteiger partial charge in [0.05, 0.1) is 6.54 Å². The Balaban J connectivity index is 1.56. The lowest BCUT2D eigenvalue weighted by Gasteiger charge is -2.19. The van der Waals surface area contributed by atoms with E-state index in [0.717, 1.165) is 28.7 Å². The van der Waals surface area contributed by atoms with Crippen LogP contribution in [0.5, 0.6) is 0 Å². The van der Waals surface area contributed by atoms with E-state index < -0.39 is 36.7 Å². The molecule has 0 aromatic heterocycles. The van der Waals surface area contributed by atoms with Gasteiger partial charge in [-0.2, -0.15) is 0 Å². The number of hydrogen-bond donors (Lipinski definition) is 4. The first-order valence-electron chi connectivity index (χ1n) is 10.7. The standard InChI is InChI=1S/C24H28N2O6/c1-2-7-15(12-22(28)25-13-21(27)23(29)30)26-24(31)32-14-20-18-10-5-3-8-16(18)17-9-4-6-11-19(17)20/h3-6,8-11,15,20-21,27H,2,7,12-14H2,1H3,(H,25,28)(H,26,31)(H,29,30)/t15-,21+/m1/s1. The number of benzene rings is 2. The van der Waals surface area contributed by atoms with Gasteiger partial charge in [0.25, 0.3) is 0 Å². The van der Waals surface area contributed by atoms with Crippen LogP contribution in [-0.2, 0) is 14.3 Å². The number of ether oxygens (including phenoxy) is 1. The van der Waals surface area contributed by atoms with Crippen LogP contribution in [0.3, 0.4) is 0 Å². The van der Waals surface area contributed by atoms with Crippen LogP contribution in [0.25, 0.3) is 11.1 Å². The quantitative estimate of drug-likeness (QED) is 0.450. The van der Waals surface area contributed by atoms with E-state index in [1.165, 1.54) is 0 Å². The lowest BCUT2D eigenvalue weighted by molar-refractivity contribution is -0.146. The number of carbonyl (C=O) groups excluding carboxylic acids is 2. The molecule has 0 spiro atoms. The first-order chi connectivity index (χ1) is 15.4. The Kier molecular flexibility index (Phi) is 7.83. The summed E-state index contributed by atoms with van der Waals surface area (Å²) >= 11 is 0. The SMILES string of the molecule is CCC[C@H](CC(=O)NC[C@H](O)C(=O)O)NC(=O)OCC1c2ccccc2-c2ccccc21. The smallest absolute Gasteiger partial charge is 0.407 e. The normalized spacial score (nSPS) is 14.1. The van der Waals surface area contributed by atoms with Crippen LogP contribution in [0.1, 0.15) is 43.2 Å². The summed E-state index contributed by atoms with van der Waals surface area (Å²) in [4.78, 5) is 35.2. The summed E-state index contributed by atoms with van der Waals surface area (Å²) < 4.78 is 5.53. The number of aliphatic hydroxyl groups is 1. The second kappa shape index (κ2) is 10.8. The van der Waals surface area contributed by atoms with E-state index in [1.807, 2.05) is 43.3 Å². The number of aliphatic carboxylic acids is 1. The van der Waals surface area contributed by atoms with Gasteiger partial charge in [0.1, 0.15) is 6.61 Å². The molecule has 0 bridgehead atoms. The zero-order valence-electron chi connectivity index (χ0n) is 17.9. The van der Waals surface area contributed by atoms with Crippen molar-refractivity contribution in [3.8, 4) is 11.1 Å². The van der Waals surface area contributed by atoms with Crippen LogP contribution in [-0.4, -0.2) is 53.5 Å². The molecule has 3 rings (SSSR count). The fraction of sp³-hybridized carbons (Fsp3) is 0.375. The van der Waals surface area contributed by atoms with Crippen molar-refractivity contribution >= 4 is 18.0 Å². The molecule has 32 heavy (non-hydrogen) atoms. The van der Waals surface area contributed by atoms with E-state index in [1.54, 1.807) is 0 Å². The van der Waals surface area contributed by atoms with Crippen molar-refractivity contribution in [1.29, 1.82) is 0 Å². The maximum atomic E-state index is 12.5. The number of carboxylic acid groups (broad SMARTS) is 1. The summed E-state index contributed by atoms with van der Waals surface area (Å²) in [7, 11) is 0. The van der Waals surface area contributed by atoms with Crippen molar-refractivity contribution in [2.24, 2.45) is 0 Å². The van der Waals surface area contributed by atoms with E-state index in [-0.39, 0.29) is 18.9 Å². The largest absolute Gasteiger partial charge is 0.479 e. The van der Waals surface area contributed by atoms with Crippen molar-refractivity contribution in [3.05, 3.63) is 59.7 Å². The van der Waals surface area contributed by atoms with Crippen molar-refractivity contribution in [2.75, 3.05) is 13.2 Å². The maximum Gasteiger partial charge on any atom is 0.407 e. The number of carboxylic acids is 1. The molecular formula is C24H28N2O6. The predicted molar refractivity (Wildman–Crippen MR) is 118 cm³/mol. The first-order valence-corrected chi connectivity index (χ1v) is 10.7. The van der Waals surface area contributed by atoms with Crippen molar-refractivity contribution in [2.45, 2.75) is 44.2 Å². The Morgan fingerprint density at radius 3 is 2.19 bits per heavy atom. The number of nitrogens with one attached hydrogen (secondary N) is 2. The second-order valence-corrected chi connectivity index (χ2v) is 7.82. The van der Waals surface area contributed by atoms with Gasteiger partial charge >= 0.3 is 12.1 Å². The molecule has 0 saturated carbocycles. The Hall–Kier alpha value is -3.39.